The maximum absolute atomic E-state index is 11.5. The number of furan rings is 1. The molecule has 0 saturated carbocycles. The Balaban J connectivity index is 2.38. The van der Waals surface area contributed by atoms with Crippen molar-refractivity contribution in [1.82, 2.24) is 0 Å². The molecular formula is C12H15NO3S. The van der Waals surface area contributed by atoms with E-state index in [9.17, 15) is 8.42 Å². The van der Waals surface area contributed by atoms with E-state index in [1.807, 2.05) is 18.2 Å². The smallest absolute Gasteiger partial charge is 0.157 e. The van der Waals surface area contributed by atoms with Crippen molar-refractivity contribution >= 4 is 20.8 Å². The van der Waals surface area contributed by atoms with Gasteiger partial charge in [0.25, 0.3) is 0 Å². The van der Waals surface area contributed by atoms with Gasteiger partial charge in [-0.25, -0.2) is 8.42 Å². The third kappa shape index (κ3) is 2.68. The van der Waals surface area contributed by atoms with Crippen LogP contribution < -0.4 is 5.73 Å². The Hall–Kier alpha value is -1.33. The Morgan fingerprint density at radius 3 is 2.71 bits per heavy atom. The fraction of sp³-hybridized carbons (Fsp3) is 0.333. The summed E-state index contributed by atoms with van der Waals surface area (Å²) in [6, 6.07) is 7.42. The van der Waals surface area contributed by atoms with Gasteiger partial charge in [-0.3, -0.25) is 0 Å². The molecule has 0 unspecified atom stereocenters. The van der Waals surface area contributed by atoms with Gasteiger partial charge in [0.05, 0.1) is 0 Å². The first-order chi connectivity index (χ1) is 8.04. The molecule has 0 bridgehead atoms. The van der Waals surface area contributed by atoms with Crippen molar-refractivity contribution in [3.8, 4) is 0 Å². The molecule has 0 aliphatic heterocycles. The quantitative estimate of drug-likeness (QED) is 0.902. The fourth-order valence-electron chi connectivity index (χ4n) is 1.65. The van der Waals surface area contributed by atoms with Crippen molar-refractivity contribution in [3.63, 3.8) is 0 Å². The van der Waals surface area contributed by atoms with Crippen molar-refractivity contribution in [3.05, 3.63) is 35.6 Å². The third-order valence-electron chi connectivity index (χ3n) is 2.67. The summed E-state index contributed by atoms with van der Waals surface area (Å²) in [5, 5.41) is 0.906. The van der Waals surface area contributed by atoms with Gasteiger partial charge in [0, 0.05) is 17.7 Å². The zero-order valence-corrected chi connectivity index (χ0v) is 10.5. The molecule has 0 atom stereocenters. The van der Waals surface area contributed by atoms with Crippen molar-refractivity contribution < 1.29 is 12.8 Å². The van der Waals surface area contributed by atoms with Crippen LogP contribution in [0.2, 0.25) is 0 Å². The molecule has 0 spiro atoms. The molecule has 2 rings (SSSR count). The van der Waals surface area contributed by atoms with E-state index in [0.717, 1.165) is 10.9 Å². The predicted molar refractivity (Wildman–Crippen MR) is 67.3 cm³/mol. The Morgan fingerprint density at radius 2 is 2.06 bits per heavy atom. The molecule has 0 amide bonds. The minimum atomic E-state index is -3.05. The highest BCUT2D eigenvalue weighted by molar-refractivity contribution is 7.90. The van der Waals surface area contributed by atoms with Crippen LogP contribution in [-0.4, -0.2) is 14.2 Å². The van der Waals surface area contributed by atoms with Crippen molar-refractivity contribution in [2.75, 3.05) is 5.75 Å². The van der Waals surface area contributed by atoms with Crippen LogP contribution in [0.3, 0.4) is 0 Å². The van der Waals surface area contributed by atoms with Crippen LogP contribution in [0.15, 0.2) is 28.7 Å². The average Bonchev–Trinajstić information content (AvgIpc) is 2.68. The summed E-state index contributed by atoms with van der Waals surface area (Å²) < 4.78 is 28.5. The largest absolute Gasteiger partial charge is 0.460 e. The maximum Gasteiger partial charge on any atom is 0.157 e. The van der Waals surface area contributed by atoms with Gasteiger partial charge in [-0.15, -0.1) is 0 Å². The summed E-state index contributed by atoms with van der Waals surface area (Å²) in [5.74, 6) is 0.560. The van der Waals surface area contributed by atoms with E-state index >= 15 is 0 Å². The normalized spacial score (nSPS) is 12.1. The van der Waals surface area contributed by atoms with Crippen molar-refractivity contribution in [1.29, 1.82) is 0 Å². The molecule has 0 saturated heterocycles. The van der Waals surface area contributed by atoms with Crippen LogP contribution in [0.4, 0.5) is 0 Å². The monoisotopic (exact) mass is 253 g/mol. The molecule has 92 valence electrons. The standard InChI is InChI=1S/C12H15NO3S/c1-2-17(14,15)8-11-6-10-4-3-9(7-13)5-12(10)16-11/h3-6H,2,7-8,13H2,1H3. The second kappa shape index (κ2) is 4.50. The molecular weight excluding hydrogens is 238 g/mol. The van der Waals surface area contributed by atoms with Crippen LogP contribution in [0.25, 0.3) is 11.0 Å². The predicted octanol–water partition coefficient (Wildman–Crippen LogP) is 1.83. The summed E-state index contributed by atoms with van der Waals surface area (Å²) in [7, 11) is -3.05. The van der Waals surface area contributed by atoms with E-state index in [1.165, 1.54) is 0 Å². The Morgan fingerprint density at radius 1 is 1.29 bits per heavy atom. The molecule has 2 N–H and O–H groups in total. The van der Waals surface area contributed by atoms with Gasteiger partial charge in [0.2, 0.25) is 0 Å². The summed E-state index contributed by atoms with van der Waals surface area (Å²) >= 11 is 0. The lowest BCUT2D eigenvalue weighted by Gasteiger charge is -1.96. The van der Waals surface area contributed by atoms with E-state index in [1.54, 1.807) is 13.0 Å². The Kier molecular flexibility index (Phi) is 3.22. The van der Waals surface area contributed by atoms with Gasteiger partial charge in [0.1, 0.15) is 17.1 Å². The Labute approximate surface area is 100 Å². The highest BCUT2D eigenvalue weighted by Crippen LogP contribution is 2.22. The fourth-order valence-corrected chi connectivity index (χ4v) is 2.43. The summed E-state index contributed by atoms with van der Waals surface area (Å²) in [5.41, 5.74) is 7.19. The van der Waals surface area contributed by atoms with Crippen LogP contribution in [-0.2, 0) is 22.1 Å². The van der Waals surface area contributed by atoms with E-state index in [0.29, 0.717) is 17.9 Å². The molecule has 17 heavy (non-hydrogen) atoms. The zero-order chi connectivity index (χ0) is 12.5. The van der Waals surface area contributed by atoms with Gasteiger partial charge in [-0.1, -0.05) is 19.1 Å². The molecule has 0 radical (unpaired) electrons. The average molecular weight is 253 g/mol. The summed E-state index contributed by atoms with van der Waals surface area (Å²) in [4.78, 5) is 0. The first-order valence-electron chi connectivity index (χ1n) is 5.46. The molecule has 2 aromatic rings. The van der Waals surface area contributed by atoms with Crippen LogP contribution in [0, 0.1) is 0 Å². The number of hydrogen-bond donors (Lipinski definition) is 1. The molecule has 1 aromatic heterocycles. The highest BCUT2D eigenvalue weighted by Gasteiger charge is 2.13. The molecule has 0 aliphatic carbocycles. The molecule has 0 fully saturated rings. The number of fused-ring (bicyclic) bond motifs is 1. The lowest BCUT2D eigenvalue weighted by Crippen LogP contribution is -2.05. The number of rotatable bonds is 4. The lowest BCUT2D eigenvalue weighted by molar-refractivity contribution is 0.554. The third-order valence-corrected chi connectivity index (χ3v) is 4.28. The van der Waals surface area contributed by atoms with E-state index in [4.69, 9.17) is 10.2 Å². The van der Waals surface area contributed by atoms with Crippen LogP contribution in [0.1, 0.15) is 18.2 Å². The lowest BCUT2D eigenvalue weighted by atomic mass is 10.2. The number of sulfone groups is 1. The minimum absolute atomic E-state index is 0.0455. The highest BCUT2D eigenvalue weighted by atomic mass is 32.2. The van der Waals surface area contributed by atoms with E-state index in [-0.39, 0.29) is 11.5 Å². The summed E-state index contributed by atoms with van der Waals surface area (Å²) in [6.45, 7) is 2.07. The van der Waals surface area contributed by atoms with E-state index in [2.05, 4.69) is 0 Å². The number of benzene rings is 1. The molecule has 1 aromatic carbocycles. The molecule has 4 nitrogen and oxygen atoms in total. The Bertz CT molecular complexity index is 628. The zero-order valence-electron chi connectivity index (χ0n) is 9.64. The van der Waals surface area contributed by atoms with Crippen LogP contribution >= 0.6 is 0 Å². The van der Waals surface area contributed by atoms with Gasteiger partial charge in [-0.05, 0) is 17.7 Å². The maximum atomic E-state index is 11.5. The van der Waals surface area contributed by atoms with Crippen molar-refractivity contribution in [2.24, 2.45) is 5.73 Å². The second-order valence-corrected chi connectivity index (χ2v) is 6.32. The topological polar surface area (TPSA) is 73.3 Å². The number of nitrogens with two attached hydrogens (primary N) is 1. The van der Waals surface area contributed by atoms with Gasteiger partial charge >= 0.3 is 0 Å². The molecule has 0 aliphatic rings. The SMILES string of the molecule is CCS(=O)(=O)Cc1cc2ccc(CN)cc2o1. The number of hydrogen-bond acceptors (Lipinski definition) is 4. The first kappa shape index (κ1) is 12.1. The molecule has 5 heteroatoms. The van der Waals surface area contributed by atoms with E-state index < -0.39 is 9.84 Å². The van der Waals surface area contributed by atoms with Gasteiger partial charge in [0.15, 0.2) is 9.84 Å². The first-order valence-corrected chi connectivity index (χ1v) is 7.28. The minimum Gasteiger partial charge on any atom is -0.460 e. The summed E-state index contributed by atoms with van der Waals surface area (Å²) in [6.07, 6.45) is 0. The second-order valence-electron chi connectivity index (χ2n) is 3.97. The van der Waals surface area contributed by atoms with Gasteiger partial charge < -0.3 is 10.2 Å². The van der Waals surface area contributed by atoms with Crippen LogP contribution in [0.5, 0.6) is 0 Å². The molecule has 1 heterocycles. The van der Waals surface area contributed by atoms with Gasteiger partial charge in [-0.2, -0.15) is 0 Å². The van der Waals surface area contributed by atoms with Crippen molar-refractivity contribution in [2.45, 2.75) is 19.2 Å².